The van der Waals surface area contributed by atoms with Crippen LogP contribution in [0, 0.1) is 11.3 Å². The number of rotatable bonds is 9. The molecule has 0 unspecified atom stereocenters. The second-order valence-electron chi connectivity index (χ2n) is 3.48. The summed E-state index contributed by atoms with van der Waals surface area (Å²) < 4.78 is 0. The van der Waals surface area contributed by atoms with E-state index in [9.17, 15) is 0 Å². The summed E-state index contributed by atoms with van der Waals surface area (Å²) in [5.74, 6) is 0. The van der Waals surface area contributed by atoms with Gasteiger partial charge in [0.15, 0.2) is 0 Å². The molecule has 0 aromatic heterocycles. The number of hydrogen-bond donors (Lipinski definition) is 0. The maximum Gasteiger partial charge on any atom is 0.0635 e. The van der Waals surface area contributed by atoms with Gasteiger partial charge in [-0.1, -0.05) is 19.4 Å². The van der Waals surface area contributed by atoms with Crippen molar-refractivity contribution in [2.45, 2.75) is 39.0 Å². The van der Waals surface area contributed by atoms with Gasteiger partial charge in [-0.15, -0.1) is 6.58 Å². The van der Waals surface area contributed by atoms with E-state index in [0.29, 0.717) is 6.42 Å². The van der Waals surface area contributed by atoms with Crippen LogP contribution in [-0.2, 0) is 0 Å². The predicted octanol–water partition coefficient (Wildman–Crippen LogP) is 2.97. The Morgan fingerprint density at radius 1 is 1.29 bits per heavy atom. The van der Waals surface area contributed by atoms with E-state index in [4.69, 9.17) is 5.26 Å². The first kappa shape index (κ1) is 13.2. The third-order valence-electron chi connectivity index (χ3n) is 2.37. The predicted molar refractivity (Wildman–Crippen MR) is 61.0 cm³/mol. The number of nitrogens with zero attached hydrogens (tertiary/aromatic N) is 2. The zero-order valence-electron chi connectivity index (χ0n) is 9.34. The van der Waals surface area contributed by atoms with Crippen LogP contribution >= 0.6 is 0 Å². The van der Waals surface area contributed by atoms with Gasteiger partial charge >= 0.3 is 0 Å². The maximum atomic E-state index is 8.46. The summed E-state index contributed by atoms with van der Waals surface area (Å²) in [6.07, 6.45) is 7.53. The lowest BCUT2D eigenvalue weighted by molar-refractivity contribution is 0.287. The molecule has 0 aromatic carbocycles. The monoisotopic (exact) mass is 194 g/mol. The van der Waals surface area contributed by atoms with Crippen LogP contribution in [0.15, 0.2) is 12.7 Å². The summed E-state index contributed by atoms with van der Waals surface area (Å²) in [7, 11) is 0. The first-order valence-corrected chi connectivity index (χ1v) is 5.55. The van der Waals surface area contributed by atoms with Gasteiger partial charge in [-0.3, -0.25) is 0 Å². The fraction of sp³-hybridized carbons (Fsp3) is 0.750. The molecule has 2 nitrogen and oxygen atoms in total. The molecule has 2 heteroatoms. The number of nitriles is 1. The van der Waals surface area contributed by atoms with E-state index in [0.717, 1.165) is 26.1 Å². The molecule has 0 bridgehead atoms. The zero-order chi connectivity index (χ0) is 10.6. The van der Waals surface area contributed by atoms with Crippen molar-refractivity contribution in [3.63, 3.8) is 0 Å². The van der Waals surface area contributed by atoms with Crippen molar-refractivity contribution in [1.82, 2.24) is 4.90 Å². The lowest BCUT2D eigenvalue weighted by Gasteiger charge is -2.18. The molecule has 0 amide bonds. The van der Waals surface area contributed by atoms with Gasteiger partial charge in [-0.05, 0) is 32.4 Å². The second kappa shape index (κ2) is 10.3. The van der Waals surface area contributed by atoms with Crippen molar-refractivity contribution in [2.75, 3.05) is 19.6 Å². The first-order valence-electron chi connectivity index (χ1n) is 5.55. The Bertz CT molecular complexity index is 170. The van der Waals surface area contributed by atoms with E-state index in [2.05, 4.69) is 24.5 Å². The molecule has 0 aliphatic carbocycles. The van der Waals surface area contributed by atoms with E-state index < -0.39 is 0 Å². The van der Waals surface area contributed by atoms with Crippen LogP contribution in [0.3, 0.4) is 0 Å². The molecule has 0 aliphatic heterocycles. The van der Waals surface area contributed by atoms with Crippen LogP contribution in [0.5, 0.6) is 0 Å². The first-order chi connectivity index (χ1) is 6.85. The summed E-state index contributed by atoms with van der Waals surface area (Å²) >= 11 is 0. The van der Waals surface area contributed by atoms with Gasteiger partial charge in [0.1, 0.15) is 0 Å². The van der Waals surface area contributed by atoms with Crippen LogP contribution in [0.1, 0.15) is 39.0 Å². The van der Waals surface area contributed by atoms with Crippen LogP contribution < -0.4 is 0 Å². The Kier molecular flexibility index (Phi) is 9.68. The standard InChI is InChI=1S/C12H22N2/c1-3-5-6-7-8-11-14(4-2)12-9-10-13/h3H,1,4-9,11-12H2,2H3. The maximum absolute atomic E-state index is 8.46. The van der Waals surface area contributed by atoms with E-state index in [1.807, 2.05) is 6.08 Å². The lowest BCUT2D eigenvalue weighted by atomic mass is 10.2. The van der Waals surface area contributed by atoms with Gasteiger partial charge < -0.3 is 4.90 Å². The van der Waals surface area contributed by atoms with Gasteiger partial charge in [-0.25, -0.2) is 0 Å². The zero-order valence-corrected chi connectivity index (χ0v) is 9.34. The number of allylic oxidation sites excluding steroid dienone is 1. The Morgan fingerprint density at radius 3 is 2.64 bits per heavy atom. The largest absolute Gasteiger partial charge is 0.303 e. The van der Waals surface area contributed by atoms with Crippen molar-refractivity contribution in [3.8, 4) is 6.07 Å². The van der Waals surface area contributed by atoms with Gasteiger partial charge in [0, 0.05) is 13.0 Å². The van der Waals surface area contributed by atoms with Crippen LogP contribution in [0.25, 0.3) is 0 Å². The molecule has 0 rings (SSSR count). The Hall–Kier alpha value is -0.810. The number of hydrogen-bond acceptors (Lipinski definition) is 2. The molecule has 0 spiro atoms. The van der Waals surface area contributed by atoms with Gasteiger partial charge in [-0.2, -0.15) is 5.26 Å². The van der Waals surface area contributed by atoms with Crippen molar-refractivity contribution in [3.05, 3.63) is 12.7 Å². The molecule has 14 heavy (non-hydrogen) atoms. The quantitative estimate of drug-likeness (QED) is 0.417. The van der Waals surface area contributed by atoms with E-state index >= 15 is 0 Å². The van der Waals surface area contributed by atoms with Gasteiger partial charge in [0.25, 0.3) is 0 Å². The third kappa shape index (κ3) is 7.82. The minimum Gasteiger partial charge on any atom is -0.303 e. The topological polar surface area (TPSA) is 27.0 Å². The van der Waals surface area contributed by atoms with Gasteiger partial charge in [0.05, 0.1) is 6.07 Å². The fourth-order valence-corrected chi connectivity index (χ4v) is 1.44. The van der Waals surface area contributed by atoms with Gasteiger partial charge in [0.2, 0.25) is 0 Å². The van der Waals surface area contributed by atoms with Crippen LogP contribution in [0.4, 0.5) is 0 Å². The summed E-state index contributed by atoms with van der Waals surface area (Å²) in [4.78, 5) is 2.34. The van der Waals surface area contributed by atoms with E-state index in [1.165, 1.54) is 19.3 Å². The minimum absolute atomic E-state index is 0.653. The van der Waals surface area contributed by atoms with Crippen molar-refractivity contribution < 1.29 is 0 Å². The SMILES string of the molecule is C=CCCCCCN(CC)CCC#N. The highest BCUT2D eigenvalue weighted by Crippen LogP contribution is 2.02. The highest BCUT2D eigenvalue weighted by Gasteiger charge is 2.00. The Labute approximate surface area is 88.2 Å². The summed E-state index contributed by atoms with van der Waals surface area (Å²) in [6.45, 7) is 8.98. The second-order valence-corrected chi connectivity index (χ2v) is 3.48. The average Bonchev–Trinajstić information content (AvgIpc) is 2.22. The highest BCUT2D eigenvalue weighted by atomic mass is 15.1. The summed E-state index contributed by atoms with van der Waals surface area (Å²) in [5, 5.41) is 8.46. The van der Waals surface area contributed by atoms with Crippen molar-refractivity contribution in [2.24, 2.45) is 0 Å². The van der Waals surface area contributed by atoms with Crippen LogP contribution in [-0.4, -0.2) is 24.5 Å². The smallest absolute Gasteiger partial charge is 0.0635 e. The minimum atomic E-state index is 0.653. The molecule has 0 saturated carbocycles. The third-order valence-corrected chi connectivity index (χ3v) is 2.37. The fourth-order valence-electron chi connectivity index (χ4n) is 1.44. The Morgan fingerprint density at radius 2 is 2.07 bits per heavy atom. The molecule has 80 valence electrons. The Balaban J connectivity index is 3.33. The van der Waals surface area contributed by atoms with Crippen LogP contribution in [0.2, 0.25) is 0 Å². The molecule has 0 aromatic rings. The highest BCUT2D eigenvalue weighted by molar-refractivity contribution is 4.72. The molecule has 0 saturated heterocycles. The molecule has 0 heterocycles. The molecule has 0 radical (unpaired) electrons. The molecule has 0 N–H and O–H groups in total. The molecular weight excluding hydrogens is 172 g/mol. The van der Waals surface area contributed by atoms with E-state index in [1.54, 1.807) is 0 Å². The summed E-state index contributed by atoms with van der Waals surface area (Å²) in [6, 6.07) is 2.19. The normalized spacial score (nSPS) is 10.1. The van der Waals surface area contributed by atoms with E-state index in [-0.39, 0.29) is 0 Å². The number of unbranched alkanes of at least 4 members (excludes halogenated alkanes) is 3. The average molecular weight is 194 g/mol. The molecular formula is C12H22N2. The molecule has 0 fully saturated rings. The molecule has 0 aliphatic rings. The van der Waals surface area contributed by atoms with Crippen molar-refractivity contribution >= 4 is 0 Å². The summed E-state index contributed by atoms with van der Waals surface area (Å²) in [5.41, 5.74) is 0. The molecule has 0 atom stereocenters. The van der Waals surface area contributed by atoms with Crippen molar-refractivity contribution in [1.29, 1.82) is 5.26 Å². The lowest BCUT2D eigenvalue weighted by Crippen LogP contribution is -2.25.